The largest absolute Gasteiger partial charge is 0.441 e. The van der Waals surface area contributed by atoms with Gasteiger partial charge in [-0.1, -0.05) is 31.6 Å². The molecular weight excluding hydrogens is 526 g/mol. The molecule has 0 aromatic heterocycles. The average Bonchev–Trinajstić information content (AvgIpc) is 3.62. The zero-order chi connectivity index (χ0) is 29.7. The fourth-order valence-corrected chi connectivity index (χ4v) is 10.1. The Labute approximate surface area is 249 Å². The molecule has 7 nitrogen and oxygen atoms in total. The molecule has 1 aromatic carbocycles. The van der Waals surface area contributed by atoms with Crippen molar-refractivity contribution >= 4 is 29.6 Å². The van der Waals surface area contributed by atoms with E-state index in [1.54, 1.807) is 18.4 Å². The fourth-order valence-electron chi connectivity index (χ4n) is 10.1. The van der Waals surface area contributed by atoms with Gasteiger partial charge < -0.3 is 10.5 Å². The van der Waals surface area contributed by atoms with Gasteiger partial charge in [0.2, 0.25) is 0 Å². The number of anilines is 1. The summed E-state index contributed by atoms with van der Waals surface area (Å²) in [5, 5.41) is 2.78. The number of fused-ring (bicyclic) bond motifs is 6. The number of aliphatic imine (C=N–C) groups is 1. The number of ether oxygens (including phenoxy) is 1. The Morgan fingerprint density at radius 1 is 1.17 bits per heavy atom. The number of hydrogen-bond donors (Lipinski definition) is 2. The maximum Gasteiger partial charge on any atom is 0.412 e. The molecule has 5 aliphatic rings. The quantitative estimate of drug-likeness (QED) is 0.344. The molecule has 4 fully saturated rings. The van der Waals surface area contributed by atoms with Crippen molar-refractivity contribution in [2.75, 3.05) is 11.9 Å². The van der Waals surface area contributed by atoms with Crippen molar-refractivity contribution in [3.63, 3.8) is 0 Å². The summed E-state index contributed by atoms with van der Waals surface area (Å²) in [6, 6.07) is 7.37. The van der Waals surface area contributed by atoms with Crippen molar-refractivity contribution in [2.45, 2.75) is 84.6 Å². The molecule has 3 N–H and O–H groups in total. The van der Waals surface area contributed by atoms with Crippen LogP contribution in [0.3, 0.4) is 0 Å². The number of carbonyl (C=O) groups excluding carboxylic acids is 3. The Kier molecular flexibility index (Phi) is 7.43. The first kappa shape index (κ1) is 28.9. The lowest BCUT2D eigenvalue weighted by molar-refractivity contribution is -0.139. The van der Waals surface area contributed by atoms with E-state index in [-0.39, 0.29) is 35.2 Å². The van der Waals surface area contributed by atoms with Crippen LogP contribution in [0.1, 0.15) is 90.2 Å². The van der Waals surface area contributed by atoms with Crippen LogP contribution < -0.4 is 11.1 Å². The van der Waals surface area contributed by atoms with Gasteiger partial charge in [0.25, 0.3) is 0 Å². The summed E-state index contributed by atoms with van der Waals surface area (Å²) in [6.45, 7) is 6.57. The molecule has 7 heteroatoms. The van der Waals surface area contributed by atoms with Crippen molar-refractivity contribution in [3.05, 3.63) is 53.8 Å². The van der Waals surface area contributed by atoms with Crippen molar-refractivity contribution in [1.82, 2.24) is 0 Å². The maximum atomic E-state index is 13.7. The number of nitrogens with one attached hydrogen (secondary N) is 1. The second kappa shape index (κ2) is 10.8. The van der Waals surface area contributed by atoms with E-state index in [9.17, 15) is 14.4 Å². The predicted molar refractivity (Wildman–Crippen MR) is 164 cm³/mol. The molecule has 0 heterocycles. The molecule has 0 radical (unpaired) electrons. The van der Waals surface area contributed by atoms with Gasteiger partial charge >= 0.3 is 6.09 Å². The number of nitrogens with two attached hydrogens (primary N) is 1. The zero-order valence-corrected chi connectivity index (χ0v) is 25.2. The second-order valence-electron chi connectivity index (χ2n) is 14.2. The Hall–Kier alpha value is -3.22. The molecule has 1 amide bonds. The summed E-state index contributed by atoms with van der Waals surface area (Å²) >= 11 is 0. The van der Waals surface area contributed by atoms with E-state index in [4.69, 9.17) is 10.5 Å². The molecule has 0 saturated heterocycles. The van der Waals surface area contributed by atoms with Crippen LogP contribution in [-0.2, 0) is 14.3 Å². The van der Waals surface area contributed by atoms with Crippen LogP contribution >= 0.6 is 0 Å². The number of carbonyl (C=O) groups is 3. The summed E-state index contributed by atoms with van der Waals surface area (Å²) in [6.07, 6.45) is 15.4. The normalized spacial score (nSPS) is 35.3. The van der Waals surface area contributed by atoms with Gasteiger partial charge in [-0.05, 0) is 128 Å². The predicted octanol–water partition coefficient (Wildman–Crippen LogP) is 6.95. The van der Waals surface area contributed by atoms with Gasteiger partial charge in [0.1, 0.15) is 0 Å². The molecule has 5 aliphatic carbocycles. The highest BCUT2D eigenvalue weighted by Crippen LogP contribution is 2.77. The minimum absolute atomic E-state index is 0.0548. The molecule has 7 unspecified atom stereocenters. The van der Waals surface area contributed by atoms with Crippen LogP contribution in [0.5, 0.6) is 0 Å². The van der Waals surface area contributed by atoms with E-state index in [1.807, 2.05) is 31.2 Å². The lowest BCUT2D eigenvalue weighted by Crippen LogP contribution is -2.56. The number of ketones is 2. The average molecular weight is 572 g/mol. The third kappa shape index (κ3) is 4.92. The number of nitrogens with zero attached hydrogens (tertiary/aromatic N) is 1. The van der Waals surface area contributed by atoms with Gasteiger partial charge in [-0.2, -0.15) is 0 Å². The van der Waals surface area contributed by atoms with Crippen molar-refractivity contribution in [1.29, 1.82) is 0 Å². The first-order valence-corrected chi connectivity index (χ1v) is 15.8. The summed E-state index contributed by atoms with van der Waals surface area (Å²) in [5.41, 5.74) is 8.67. The van der Waals surface area contributed by atoms with E-state index >= 15 is 0 Å². The molecule has 7 atom stereocenters. The highest BCUT2D eigenvalue weighted by atomic mass is 16.6. The zero-order valence-electron chi connectivity index (χ0n) is 25.2. The van der Waals surface area contributed by atoms with Crippen LogP contribution in [0.25, 0.3) is 0 Å². The maximum absolute atomic E-state index is 13.7. The number of benzene rings is 1. The van der Waals surface area contributed by atoms with E-state index < -0.39 is 6.09 Å². The molecule has 1 aromatic rings. The summed E-state index contributed by atoms with van der Waals surface area (Å²) < 4.78 is 5.50. The Balaban J connectivity index is 1.11. The molecular formula is C35H45N3O4. The first-order chi connectivity index (χ1) is 20.1. The molecule has 42 heavy (non-hydrogen) atoms. The number of hydrogen-bond acceptors (Lipinski definition) is 6. The van der Waals surface area contributed by atoms with Crippen LogP contribution in [0.15, 0.2) is 53.2 Å². The standard InChI is InChI=1S/C35H45N3O4/c1-22(37-17-5-16-36)23-6-4-7-25(18-23)38-32(41)42-20-30(40)29-11-10-28-27-9-8-24-19-26(39)12-13-33(24,2)31(27)35(14-15-35)21-34(28,29)3/h4-7,16-19,22,27-29,31H,8-15,20-21,36H2,1-3H3,(H,38,41)/b16-5-,37-17?. The minimum atomic E-state index is -0.615. The van der Waals surface area contributed by atoms with Crippen molar-refractivity contribution in [2.24, 2.45) is 50.6 Å². The molecule has 6 rings (SSSR count). The lowest BCUT2D eigenvalue weighted by Gasteiger charge is -2.61. The monoisotopic (exact) mass is 571 g/mol. The van der Waals surface area contributed by atoms with E-state index in [0.29, 0.717) is 41.1 Å². The van der Waals surface area contributed by atoms with Crippen LogP contribution in [0, 0.1) is 39.9 Å². The minimum Gasteiger partial charge on any atom is -0.441 e. The van der Waals surface area contributed by atoms with Gasteiger partial charge in [0.05, 0.1) is 6.04 Å². The summed E-state index contributed by atoms with van der Waals surface area (Å²) in [7, 11) is 0. The molecule has 224 valence electrons. The summed E-state index contributed by atoms with van der Waals surface area (Å²) in [5.74, 6) is 2.02. The second-order valence-corrected chi connectivity index (χ2v) is 14.2. The molecule has 0 bridgehead atoms. The number of Topliss-reactive ketones (excluding diaryl/α,β-unsaturated/α-hetero) is 1. The SMILES string of the molecule is CC(N=C/C=C\N)c1cccc(NC(=O)OCC(=O)C2CCC3C4CCC5=CC(=O)CCC5(C)C4C4(CC4)CC23C)c1. The molecule has 4 saturated carbocycles. The van der Waals surface area contributed by atoms with E-state index in [0.717, 1.165) is 44.1 Å². The molecule has 1 spiro atoms. The lowest BCUT2D eigenvalue weighted by atomic mass is 9.42. The van der Waals surface area contributed by atoms with Gasteiger partial charge in [0, 0.05) is 24.2 Å². The van der Waals surface area contributed by atoms with Crippen molar-refractivity contribution < 1.29 is 19.1 Å². The number of rotatable bonds is 7. The van der Waals surface area contributed by atoms with E-state index in [1.165, 1.54) is 24.6 Å². The number of allylic oxidation sites excluding steroid dienone is 2. The van der Waals surface area contributed by atoms with Gasteiger partial charge in [-0.15, -0.1) is 0 Å². The van der Waals surface area contributed by atoms with Crippen molar-refractivity contribution in [3.8, 4) is 0 Å². The van der Waals surface area contributed by atoms with Gasteiger partial charge in [-0.3, -0.25) is 19.9 Å². The topological polar surface area (TPSA) is 111 Å². The van der Waals surface area contributed by atoms with Crippen LogP contribution in [-0.4, -0.2) is 30.5 Å². The van der Waals surface area contributed by atoms with Gasteiger partial charge in [-0.25, -0.2) is 4.79 Å². The third-order valence-electron chi connectivity index (χ3n) is 11.9. The third-order valence-corrected chi connectivity index (χ3v) is 11.9. The first-order valence-electron chi connectivity index (χ1n) is 15.8. The Morgan fingerprint density at radius 2 is 1.98 bits per heavy atom. The highest BCUT2D eigenvalue weighted by Gasteiger charge is 2.70. The van der Waals surface area contributed by atoms with Crippen LogP contribution in [0.2, 0.25) is 0 Å². The van der Waals surface area contributed by atoms with Crippen LogP contribution in [0.4, 0.5) is 10.5 Å². The van der Waals surface area contributed by atoms with E-state index in [2.05, 4.69) is 24.2 Å². The fraction of sp³-hybridized carbons (Fsp3) is 0.600. The summed E-state index contributed by atoms with van der Waals surface area (Å²) in [4.78, 5) is 43.1. The molecule has 0 aliphatic heterocycles. The smallest absolute Gasteiger partial charge is 0.412 e. The number of amides is 1. The highest BCUT2D eigenvalue weighted by molar-refractivity contribution is 5.92. The van der Waals surface area contributed by atoms with Gasteiger partial charge in [0.15, 0.2) is 18.2 Å². The Morgan fingerprint density at radius 3 is 2.74 bits per heavy atom. The Bertz CT molecular complexity index is 1360.